The van der Waals surface area contributed by atoms with Gasteiger partial charge in [0, 0.05) is 17.1 Å². The highest BCUT2D eigenvalue weighted by Crippen LogP contribution is 2.35. The summed E-state index contributed by atoms with van der Waals surface area (Å²) >= 11 is 1.12. The lowest BCUT2D eigenvalue weighted by Crippen LogP contribution is -2.31. The molecule has 6 nitrogen and oxygen atoms in total. The molecule has 0 saturated carbocycles. The zero-order valence-electron chi connectivity index (χ0n) is 18.5. The van der Waals surface area contributed by atoms with Crippen LogP contribution in [0.15, 0.2) is 70.4 Å². The lowest BCUT2D eigenvalue weighted by molar-refractivity contribution is -0.137. The molecule has 0 fully saturated rings. The molecule has 7 heteroatoms. The Kier molecular flexibility index (Phi) is 6.10. The van der Waals surface area contributed by atoms with Crippen molar-refractivity contribution in [2.45, 2.75) is 39.4 Å². The predicted octanol–water partition coefficient (Wildman–Crippen LogP) is 4.70. The molecule has 0 unspecified atom stereocenters. The van der Waals surface area contributed by atoms with E-state index >= 15 is 0 Å². The number of imide groups is 1. The molecule has 1 N–H and O–H groups in total. The molecule has 32 heavy (non-hydrogen) atoms. The topological polar surface area (TPSA) is 75.2 Å². The van der Waals surface area contributed by atoms with Crippen LogP contribution in [0, 0.1) is 27.7 Å². The van der Waals surface area contributed by atoms with Gasteiger partial charge < -0.3 is 5.32 Å². The molecule has 1 aliphatic heterocycles. The van der Waals surface area contributed by atoms with Crippen LogP contribution in [0.4, 0.5) is 5.69 Å². The number of aryl methyl sites for hydroxylation is 4. The molecule has 0 spiro atoms. The van der Waals surface area contributed by atoms with Crippen molar-refractivity contribution in [3.8, 4) is 0 Å². The second kappa shape index (κ2) is 8.96. The highest BCUT2D eigenvalue weighted by atomic mass is 32.2. The fourth-order valence-corrected chi connectivity index (χ4v) is 4.46. The number of nitrogens with one attached hydrogen (secondary N) is 1. The Morgan fingerprint density at radius 2 is 1.53 bits per heavy atom. The Morgan fingerprint density at radius 3 is 2.19 bits per heavy atom. The van der Waals surface area contributed by atoms with Crippen LogP contribution in [0.1, 0.15) is 28.1 Å². The number of hydrogen-bond acceptors (Lipinski definition) is 6. The third kappa shape index (κ3) is 4.57. The molecule has 4 rings (SSSR count). The summed E-state index contributed by atoms with van der Waals surface area (Å²) in [6.07, 6.45) is 0. The van der Waals surface area contributed by atoms with Crippen LogP contribution in [-0.2, 0) is 16.1 Å². The summed E-state index contributed by atoms with van der Waals surface area (Å²) < 4.78 is 0. The maximum Gasteiger partial charge on any atom is 0.278 e. The van der Waals surface area contributed by atoms with Gasteiger partial charge in [-0.25, -0.2) is 9.97 Å². The molecule has 0 aliphatic carbocycles. The van der Waals surface area contributed by atoms with Crippen molar-refractivity contribution in [2.75, 3.05) is 5.32 Å². The van der Waals surface area contributed by atoms with Gasteiger partial charge in [0.05, 0.1) is 6.54 Å². The van der Waals surface area contributed by atoms with Gasteiger partial charge in [-0.3, -0.25) is 14.5 Å². The average molecular weight is 445 g/mol. The normalized spacial score (nSPS) is 13.8. The van der Waals surface area contributed by atoms with Crippen LogP contribution in [-0.4, -0.2) is 26.7 Å². The second-order valence-corrected chi connectivity index (χ2v) is 8.82. The summed E-state index contributed by atoms with van der Waals surface area (Å²) in [5.74, 6) is -0.707. The largest absolute Gasteiger partial charge is 0.350 e. The van der Waals surface area contributed by atoms with Crippen molar-refractivity contribution in [2.24, 2.45) is 0 Å². The monoisotopic (exact) mass is 444 g/mol. The molecular weight excluding hydrogens is 420 g/mol. The molecule has 1 aromatic heterocycles. The third-order valence-electron chi connectivity index (χ3n) is 5.24. The van der Waals surface area contributed by atoms with E-state index in [1.807, 2.05) is 82.3 Å². The van der Waals surface area contributed by atoms with Gasteiger partial charge in [0.2, 0.25) is 0 Å². The number of aromatic nitrogens is 2. The summed E-state index contributed by atoms with van der Waals surface area (Å²) in [7, 11) is 0. The highest BCUT2D eigenvalue weighted by Gasteiger charge is 2.39. The molecule has 3 aromatic rings. The minimum Gasteiger partial charge on any atom is -0.350 e. The fourth-order valence-electron chi connectivity index (χ4n) is 3.46. The lowest BCUT2D eigenvalue weighted by Gasteiger charge is -2.15. The van der Waals surface area contributed by atoms with Gasteiger partial charge in [-0.05, 0) is 74.3 Å². The zero-order valence-corrected chi connectivity index (χ0v) is 19.3. The van der Waals surface area contributed by atoms with Gasteiger partial charge in [-0.1, -0.05) is 36.4 Å². The van der Waals surface area contributed by atoms with E-state index in [4.69, 9.17) is 0 Å². The molecule has 2 heterocycles. The Balaban J connectivity index is 1.71. The van der Waals surface area contributed by atoms with E-state index in [0.717, 1.165) is 45.5 Å². The maximum absolute atomic E-state index is 13.3. The van der Waals surface area contributed by atoms with Gasteiger partial charge in [-0.15, -0.1) is 0 Å². The van der Waals surface area contributed by atoms with Crippen molar-refractivity contribution in [3.05, 3.63) is 93.3 Å². The highest BCUT2D eigenvalue weighted by molar-refractivity contribution is 8.04. The number of carbonyl (C=O) groups is 2. The van der Waals surface area contributed by atoms with Crippen molar-refractivity contribution in [1.82, 2.24) is 14.9 Å². The first-order chi connectivity index (χ1) is 15.3. The number of anilines is 1. The average Bonchev–Trinajstić information content (AvgIpc) is 2.95. The summed E-state index contributed by atoms with van der Waals surface area (Å²) in [6, 6.07) is 17.2. The first-order valence-corrected chi connectivity index (χ1v) is 11.1. The van der Waals surface area contributed by atoms with E-state index < -0.39 is 0 Å². The summed E-state index contributed by atoms with van der Waals surface area (Å²) in [5, 5.41) is 3.64. The van der Waals surface area contributed by atoms with E-state index in [2.05, 4.69) is 15.3 Å². The summed E-state index contributed by atoms with van der Waals surface area (Å²) in [6.45, 7) is 8.00. The number of benzene rings is 2. The number of amides is 2. The van der Waals surface area contributed by atoms with Crippen LogP contribution in [0.2, 0.25) is 0 Å². The molecule has 2 aromatic carbocycles. The molecule has 1 aliphatic rings. The van der Waals surface area contributed by atoms with Gasteiger partial charge in [0.1, 0.15) is 10.6 Å². The van der Waals surface area contributed by atoms with E-state index in [0.29, 0.717) is 10.1 Å². The number of thioether (sulfide) groups is 1. The maximum atomic E-state index is 13.3. The van der Waals surface area contributed by atoms with Crippen LogP contribution in [0.25, 0.3) is 0 Å². The van der Waals surface area contributed by atoms with Crippen molar-refractivity contribution < 1.29 is 9.59 Å². The molecule has 0 bridgehead atoms. The molecule has 0 atom stereocenters. The van der Waals surface area contributed by atoms with Crippen LogP contribution < -0.4 is 5.32 Å². The summed E-state index contributed by atoms with van der Waals surface area (Å²) in [4.78, 5) is 37.1. The third-order valence-corrected chi connectivity index (χ3v) is 6.19. The van der Waals surface area contributed by atoms with E-state index in [1.54, 1.807) is 0 Å². The Bertz CT molecular complexity index is 1220. The van der Waals surface area contributed by atoms with Crippen molar-refractivity contribution in [1.29, 1.82) is 0 Å². The van der Waals surface area contributed by atoms with Gasteiger partial charge in [0.25, 0.3) is 11.8 Å². The minimum absolute atomic E-state index is 0.203. The lowest BCUT2D eigenvalue weighted by atomic mass is 10.1. The fraction of sp³-hybridized carbons (Fsp3) is 0.200. The second-order valence-electron chi connectivity index (χ2n) is 7.85. The SMILES string of the molecule is Cc1cc(C)nc(SC2=C(Nc3ccc(C)c(C)c3)C(=O)N(Cc3ccccc3)C2=O)n1. The Labute approximate surface area is 191 Å². The van der Waals surface area contributed by atoms with Crippen LogP contribution in [0.3, 0.4) is 0 Å². The van der Waals surface area contributed by atoms with Gasteiger partial charge in [0.15, 0.2) is 5.16 Å². The number of nitrogens with zero attached hydrogens (tertiary/aromatic N) is 3. The molecule has 0 saturated heterocycles. The van der Waals surface area contributed by atoms with Gasteiger partial charge >= 0.3 is 0 Å². The van der Waals surface area contributed by atoms with E-state index in [9.17, 15) is 9.59 Å². The van der Waals surface area contributed by atoms with Crippen LogP contribution >= 0.6 is 11.8 Å². The quantitative estimate of drug-likeness (QED) is 0.439. The van der Waals surface area contributed by atoms with E-state index in [-0.39, 0.29) is 24.1 Å². The number of hydrogen-bond donors (Lipinski definition) is 1. The standard InChI is InChI=1S/C25H24N4O2S/c1-15-10-11-20(12-16(15)2)28-21-22(32-25-26-17(3)13-18(4)27-25)24(31)29(23(21)30)14-19-8-6-5-7-9-19/h5-13,28H,14H2,1-4H3. The Morgan fingerprint density at radius 1 is 0.844 bits per heavy atom. The molecule has 162 valence electrons. The minimum atomic E-state index is -0.357. The predicted molar refractivity (Wildman–Crippen MR) is 126 cm³/mol. The van der Waals surface area contributed by atoms with E-state index in [1.165, 1.54) is 4.90 Å². The van der Waals surface area contributed by atoms with Crippen molar-refractivity contribution in [3.63, 3.8) is 0 Å². The molecular formula is C25H24N4O2S. The van der Waals surface area contributed by atoms with Crippen LogP contribution in [0.5, 0.6) is 0 Å². The van der Waals surface area contributed by atoms with Gasteiger partial charge in [-0.2, -0.15) is 0 Å². The first-order valence-electron chi connectivity index (χ1n) is 10.3. The zero-order chi connectivity index (χ0) is 22.8. The molecule has 0 radical (unpaired) electrons. The smallest absolute Gasteiger partial charge is 0.278 e. The number of carbonyl (C=O) groups excluding carboxylic acids is 2. The van der Waals surface area contributed by atoms with Crippen molar-refractivity contribution >= 4 is 29.3 Å². The summed E-state index contributed by atoms with van der Waals surface area (Å²) in [5.41, 5.74) is 5.76. The molecule has 2 amide bonds. The Hall–Kier alpha value is -3.45. The number of rotatable bonds is 6. The first kappa shape index (κ1) is 21.8.